The third-order valence-corrected chi connectivity index (χ3v) is 2.85. The molecule has 0 atom stereocenters. The van der Waals surface area contributed by atoms with Crippen molar-refractivity contribution in [3.63, 3.8) is 0 Å². The minimum absolute atomic E-state index is 0.204. The van der Waals surface area contributed by atoms with Crippen molar-refractivity contribution >= 4 is 17.5 Å². The van der Waals surface area contributed by atoms with Crippen molar-refractivity contribution in [3.8, 4) is 6.07 Å². The maximum Gasteiger partial charge on any atom is 0.204 e. The average Bonchev–Trinajstić information content (AvgIpc) is 2.30. The fourth-order valence-electron chi connectivity index (χ4n) is 1.13. The summed E-state index contributed by atoms with van der Waals surface area (Å²) in [7, 11) is 0. The zero-order valence-corrected chi connectivity index (χ0v) is 9.47. The van der Waals surface area contributed by atoms with Crippen LogP contribution in [0.1, 0.15) is 17.3 Å². The average molecular weight is 217 g/mol. The first-order chi connectivity index (χ1) is 7.20. The molecule has 0 radical (unpaired) electrons. The van der Waals surface area contributed by atoms with Gasteiger partial charge in [-0.3, -0.25) is 4.79 Å². The summed E-state index contributed by atoms with van der Waals surface area (Å²) in [6, 6.07) is 10.8. The van der Waals surface area contributed by atoms with Crippen molar-refractivity contribution in [1.29, 1.82) is 5.26 Å². The molecule has 0 N–H and O–H groups in total. The molecule has 0 spiro atoms. The Kier molecular flexibility index (Phi) is 4.14. The number of allylic oxidation sites excluding steroid dienone is 2. The standard InChI is InChI=1S/C12H11NOS/c1-9(15-2)11(8-13)12(14)10-6-4-3-5-7-10/h3-7H,1-2H3/b11-9+. The van der Waals surface area contributed by atoms with Gasteiger partial charge < -0.3 is 0 Å². The van der Waals surface area contributed by atoms with Crippen LogP contribution in [0.5, 0.6) is 0 Å². The van der Waals surface area contributed by atoms with E-state index in [0.717, 1.165) is 4.91 Å². The van der Waals surface area contributed by atoms with E-state index in [1.54, 1.807) is 31.2 Å². The van der Waals surface area contributed by atoms with E-state index in [4.69, 9.17) is 5.26 Å². The molecule has 3 heteroatoms. The molecule has 0 aliphatic heterocycles. The number of nitriles is 1. The van der Waals surface area contributed by atoms with Crippen molar-refractivity contribution in [2.45, 2.75) is 6.92 Å². The number of rotatable bonds is 3. The summed E-state index contributed by atoms with van der Waals surface area (Å²) in [5.41, 5.74) is 0.788. The fraction of sp³-hybridized carbons (Fsp3) is 0.167. The predicted molar refractivity (Wildman–Crippen MR) is 62.6 cm³/mol. The second-order valence-electron chi connectivity index (χ2n) is 2.94. The first kappa shape index (κ1) is 11.5. The van der Waals surface area contributed by atoms with Crippen molar-refractivity contribution in [1.82, 2.24) is 0 Å². The number of Topliss-reactive ketones (excluding diaryl/α,β-unsaturated/α-hetero) is 1. The summed E-state index contributed by atoms with van der Waals surface area (Å²) < 4.78 is 0. The van der Waals surface area contributed by atoms with Crippen LogP contribution in [0, 0.1) is 11.3 Å². The minimum atomic E-state index is -0.204. The second kappa shape index (κ2) is 5.38. The van der Waals surface area contributed by atoms with Gasteiger partial charge in [0.25, 0.3) is 0 Å². The Labute approximate surface area is 93.6 Å². The molecule has 2 nitrogen and oxygen atoms in total. The summed E-state index contributed by atoms with van der Waals surface area (Å²) in [5, 5.41) is 8.92. The summed E-state index contributed by atoms with van der Waals surface area (Å²) in [5.74, 6) is -0.204. The Bertz CT molecular complexity index is 429. The molecule has 0 unspecified atom stereocenters. The largest absolute Gasteiger partial charge is 0.288 e. The molecule has 0 amide bonds. The Morgan fingerprint density at radius 2 is 1.93 bits per heavy atom. The van der Waals surface area contributed by atoms with Gasteiger partial charge >= 0.3 is 0 Å². The van der Waals surface area contributed by atoms with Crippen LogP contribution in [0.3, 0.4) is 0 Å². The molecule has 0 heterocycles. The highest BCUT2D eigenvalue weighted by atomic mass is 32.2. The van der Waals surface area contributed by atoms with Gasteiger partial charge in [-0.1, -0.05) is 30.3 Å². The van der Waals surface area contributed by atoms with Crippen molar-refractivity contribution in [3.05, 3.63) is 46.4 Å². The van der Waals surface area contributed by atoms with E-state index in [0.29, 0.717) is 5.56 Å². The number of hydrogen-bond donors (Lipinski definition) is 0. The molecule has 76 valence electrons. The Hall–Kier alpha value is -1.53. The highest BCUT2D eigenvalue weighted by Gasteiger charge is 2.13. The number of nitrogens with zero attached hydrogens (tertiary/aromatic N) is 1. The number of carbonyl (C=O) groups is 1. The number of carbonyl (C=O) groups excluding carboxylic acids is 1. The van der Waals surface area contributed by atoms with Gasteiger partial charge in [0.05, 0.1) is 0 Å². The molecule has 0 bridgehead atoms. The highest BCUT2D eigenvalue weighted by Crippen LogP contribution is 2.19. The van der Waals surface area contributed by atoms with Gasteiger partial charge in [-0.15, -0.1) is 11.8 Å². The number of benzene rings is 1. The van der Waals surface area contributed by atoms with Crippen LogP contribution >= 0.6 is 11.8 Å². The minimum Gasteiger partial charge on any atom is -0.288 e. The van der Waals surface area contributed by atoms with Crippen LogP contribution in [0.25, 0.3) is 0 Å². The van der Waals surface area contributed by atoms with Crippen LogP contribution in [0.4, 0.5) is 0 Å². The first-order valence-corrected chi connectivity index (χ1v) is 5.68. The number of ketones is 1. The maximum absolute atomic E-state index is 11.9. The van der Waals surface area contributed by atoms with Gasteiger partial charge in [0, 0.05) is 10.5 Å². The van der Waals surface area contributed by atoms with E-state index < -0.39 is 0 Å². The van der Waals surface area contributed by atoms with E-state index in [9.17, 15) is 4.79 Å². The predicted octanol–water partition coefficient (Wildman–Crippen LogP) is 3.03. The molecule has 0 fully saturated rings. The molecular formula is C12H11NOS. The van der Waals surface area contributed by atoms with E-state index >= 15 is 0 Å². The molecule has 0 aliphatic rings. The SMILES string of the molecule is CS/C(C)=C(\C#N)C(=O)c1ccccc1. The summed E-state index contributed by atoms with van der Waals surface area (Å²) in [6.07, 6.45) is 1.85. The molecule has 1 aromatic rings. The van der Waals surface area contributed by atoms with Crippen LogP contribution < -0.4 is 0 Å². The Balaban J connectivity index is 3.11. The lowest BCUT2D eigenvalue weighted by Gasteiger charge is -2.01. The number of hydrogen-bond acceptors (Lipinski definition) is 3. The van der Waals surface area contributed by atoms with E-state index in [1.807, 2.05) is 18.4 Å². The zero-order chi connectivity index (χ0) is 11.3. The molecule has 1 aromatic carbocycles. The lowest BCUT2D eigenvalue weighted by Crippen LogP contribution is -2.03. The first-order valence-electron chi connectivity index (χ1n) is 4.45. The van der Waals surface area contributed by atoms with Crippen molar-refractivity contribution in [2.24, 2.45) is 0 Å². The van der Waals surface area contributed by atoms with Crippen molar-refractivity contribution < 1.29 is 4.79 Å². The van der Waals surface area contributed by atoms with E-state index in [1.165, 1.54) is 11.8 Å². The van der Waals surface area contributed by atoms with Gasteiger partial charge in [-0.25, -0.2) is 0 Å². The zero-order valence-electron chi connectivity index (χ0n) is 8.65. The molecule has 0 aromatic heterocycles. The van der Waals surface area contributed by atoms with Gasteiger partial charge in [0.15, 0.2) is 0 Å². The molecule has 0 saturated heterocycles. The molecular weight excluding hydrogens is 206 g/mol. The quantitative estimate of drug-likeness (QED) is 0.444. The second-order valence-corrected chi connectivity index (χ2v) is 3.96. The molecule has 15 heavy (non-hydrogen) atoms. The van der Waals surface area contributed by atoms with Gasteiger partial charge in [-0.2, -0.15) is 5.26 Å². The monoisotopic (exact) mass is 217 g/mol. The van der Waals surface area contributed by atoms with Gasteiger partial charge in [0.2, 0.25) is 5.78 Å². The summed E-state index contributed by atoms with van der Waals surface area (Å²) >= 11 is 1.42. The van der Waals surface area contributed by atoms with Gasteiger partial charge in [-0.05, 0) is 13.2 Å². The third kappa shape index (κ3) is 2.71. The van der Waals surface area contributed by atoms with E-state index in [2.05, 4.69) is 0 Å². The number of thioether (sulfide) groups is 1. The molecule has 0 aliphatic carbocycles. The molecule has 0 saturated carbocycles. The summed E-state index contributed by atoms with van der Waals surface area (Å²) in [4.78, 5) is 12.6. The fourth-order valence-corrected chi connectivity index (χ4v) is 1.47. The smallest absolute Gasteiger partial charge is 0.204 e. The van der Waals surface area contributed by atoms with E-state index in [-0.39, 0.29) is 11.4 Å². The van der Waals surface area contributed by atoms with Crippen molar-refractivity contribution in [2.75, 3.05) is 6.26 Å². The lowest BCUT2D eigenvalue weighted by atomic mass is 10.0. The third-order valence-electron chi connectivity index (χ3n) is 2.03. The van der Waals surface area contributed by atoms with Gasteiger partial charge in [0.1, 0.15) is 11.6 Å². The normalized spacial score (nSPS) is 11.5. The molecule has 1 rings (SSSR count). The maximum atomic E-state index is 11.9. The van der Waals surface area contributed by atoms with Crippen LogP contribution in [-0.2, 0) is 0 Å². The van der Waals surface area contributed by atoms with Crippen LogP contribution in [0.15, 0.2) is 40.8 Å². The van der Waals surface area contributed by atoms with Crippen LogP contribution in [-0.4, -0.2) is 12.0 Å². The summed E-state index contributed by atoms with van der Waals surface area (Å²) in [6.45, 7) is 1.78. The van der Waals surface area contributed by atoms with Crippen LogP contribution in [0.2, 0.25) is 0 Å². The Morgan fingerprint density at radius 1 is 1.33 bits per heavy atom. The Morgan fingerprint density at radius 3 is 2.40 bits per heavy atom. The lowest BCUT2D eigenvalue weighted by molar-refractivity contribution is 0.103. The topological polar surface area (TPSA) is 40.9 Å². The highest BCUT2D eigenvalue weighted by molar-refractivity contribution is 8.02.